The summed E-state index contributed by atoms with van der Waals surface area (Å²) in [6.07, 6.45) is 1.25. The maximum atomic E-state index is 12.7. The van der Waals surface area contributed by atoms with E-state index in [1.54, 1.807) is 31.3 Å². The van der Waals surface area contributed by atoms with E-state index in [1.807, 2.05) is 48.9 Å². The lowest BCUT2D eigenvalue weighted by atomic mass is 10.1. The Balaban J connectivity index is 1.83. The van der Waals surface area contributed by atoms with Crippen LogP contribution in [0, 0.1) is 13.8 Å². The third-order valence-corrected chi connectivity index (χ3v) is 4.41. The summed E-state index contributed by atoms with van der Waals surface area (Å²) in [5.74, 6) is -0.450. The van der Waals surface area contributed by atoms with Gasteiger partial charge in [0.15, 0.2) is 0 Å². The number of likely N-dealkylation sites (N-methyl/N-ethyl adjacent to an activating group) is 1. The number of rotatable bonds is 5. The minimum absolute atomic E-state index is 0.212. The number of hydrogen-bond donors (Lipinski definition) is 1. The molecule has 0 spiro atoms. The first kappa shape index (κ1) is 19.1. The number of aryl methyl sites for hydroxylation is 2. The fraction of sp³-hybridized carbons (Fsp3) is 0.136. The molecule has 1 aromatic heterocycles. The van der Waals surface area contributed by atoms with Gasteiger partial charge < -0.3 is 10.2 Å². The van der Waals surface area contributed by atoms with Gasteiger partial charge in [0.2, 0.25) is 5.91 Å². The molecule has 2 amide bonds. The highest BCUT2D eigenvalue weighted by molar-refractivity contribution is 6.06. The molecule has 3 rings (SSSR count). The molecule has 0 radical (unpaired) electrons. The second kappa shape index (κ2) is 7.92. The molecule has 0 aliphatic rings. The topological polar surface area (TPSA) is 67.2 Å². The number of anilines is 2. The van der Waals surface area contributed by atoms with Gasteiger partial charge in [0, 0.05) is 24.0 Å². The highest BCUT2D eigenvalue weighted by atomic mass is 16.2. The molecule has 0 aliphatic heterocycles. The smallest absolute Gasteiger partial charge is 0.255 e. The summed E-state index contributed by atoms with van der Waals surface area (Å²) in [5, 5.41) is 7.44. The second-order valence-electron chi connectivity index (χ2n) is 6.46. The minimum atomic E-state index is -0.238. The summed E-state index contributed by atoms with van der Waals surface area (Å²) >= 11 is 0. The molecule has 142 valence electrons. The van der Waals surface area contributed by atoms with Gasteiger partial charge in [-0.15, -0.1) is 0 Å². The molecule has 0 bridgehead atoms. The van der Waals surface area contributed by atoms with Crippen molar-refractivity contribution in [2.75, 3.05) is 17.3 Å². The molecule has 0 fully saturated rings. The molecule has 2 aromatic carbocycles. The summed E-state index contributed by atoms with van der Waals surface area (Å²) in [6.45, 7) is 7.38. The van der Waals surface area contributed by atoms with Gasteiger partial charge in [0.25, 0.3) is 5.91 Å². The average Bonchev–Trinajstić information content (AvgIpc) is 3.05. The highest BCUT2D eigenvalue weighted by Gasteiger charge is 2.13. The van der Waals surface area contributed by atoms with Gasteiger partial charge in [-0.05, 0) is 62.4 Å². The zero-order valence-corrected chi connectivity index (χ0v) is 16.1. The Kier molecular flexibility index (Phi) is 5.40. The van der Waals surface area contributed by atoms with Crippen LogP contribution in [0.25, 0.3) is 5.69 Å². The summed E-state index contributed by atoms with van der Waals surface area (Å²) in [6, 6.07) is 16.3. The first-order chi connectivity index (χ1) is 13.4. The van der Waals surface area contributed by atoms with Crippen LogP contribution in [-0.4, -0.2) is 28.6 Å². The van der Waals surface area contributed by atoms with E-state index in [1.165, 1.54) is 11.0 Å². The van der Waals surface area contributed by atoms with Crippen LogP contribution in [0.4, 0.5) is 11.4 Å². The number of carbonyl (C=O) groups is 2. The molecule has 1 N–H and O–H groups in total. The predicted molar refractivity (Wildman–Crippen MR) is 111 cm³/mol. The largest absolute Gasteiger partial charge is 0.320 e. The number of nitrogens with one attached hydrogen (secondary N) is 1. The van der Waals surface area contributed by atoms with Gasteiger partial charge in [-0.1, -0.05) is 18.7 Å². The second-order valence-corrected chi connectivity index (χ2v) is 6.46. The first-order valence-corrected chi connectivity index (χ1v) is 8.85. The number of benzene rings is 2. The Morgan fingerprint density at radius 3 is 2.39 bits per heavy atom. The number of carbonyl (C=O) groups excluding carboxylic acids is 2. The molecular formula is C22H22N4O2. The van der Waals surface area contributed by atoms with Gasteiger partial charge >= 0.3 is 0 Å². The van der Waals surface area contributed by atoms with Gasteiger partial charge in [-0.3, -0.25) is 9.59 Å². The van der Waals surface area contributed by atoms with E-state index in [0.717, 1.165) is 17.1 Å². The number of hydrogen-bond acceptors (Lipinski definition) is 3. The van der Waals surface area contributed by atoms with Crippen molar-refractivity contribution in [3.05, 3.63) is 84.2 Å². The van der Waals surface area contributed by atoms with Crippen molar-refractivity contribution in [1.29, 1.82) is 0 Å². The molecular weight excluding hydrogens is 352 g/mol. The number of nitrogens with zero attached hydrogens (tertiary/aromatic N) is 3. The maximum absolute atomic E-state index is 12.7. The van der Waals surface area contributed by atoms with E-state index in [4.69, 9.17) is 0 Å². The van der Waals surface area contributed by atoms with Crippen LogP contribution in [0.3, 0.4) is 0 Å². The first-order valence-electron chi connectivity index (χ1n) is 8.85. The van der Waals surface area contributed by atoms with Crippen LogP contribution in [0.15, 0.2) is 67.3 Å². The number of para-hydroxylation sites is 2. The van der Waals surface area contributed by atoms with Crippen LogP contribution >= 0.6 is 0 Å². The minimum Gasteiger partial charge on any atom is -0.320 e. The van der Waals surface area contributed by atoms with Crippen molar-refractivity contribution in [1.82, 2.24) is 9.78 Å². The van der Waals surface area contributed by atoms with Crippen LogP contribution in [0.1, 0.15) is 21.7 Å². The molecule has 0 aliphatic carbocycles. The van der Waals surface area contributed by atoms with Crippen molar-refractivity contribution >= 4 is 23.2 Å². The third-order valence-electron chi connectivity index (χ3n) is 4.41. The normalized spacial score (nSPS) is 10.4. The van der Waals surface area contributed by atoms with E-state index in [-0.39, 0.29) is 11.8 Å². The molecule has 0 saturated heterocycles. The lowest BCUT2D eigenvalue weighted by Crippen LogP contribution is -2.23. The maximum Gasteiger partial charge on any atom is 0.255 e. The summed E-state index contributed by atoms with van der Waals surface area (Å²) in [4.78, 5) is 25.9. The van der Waals surface area contributed by atoms with E-state index in [2.05, 4.69) is 17.0 Å². The predicted octanol–water partition coefficient (Wildman–Crippen LogP) is 3.89. The van der Waals surface area contributed by atoms with Crippen LogP contribution in [0.5, 0.6) is 0 Å². The van der Waals surface area contributed by atoms with E-state index in [0.29, 0.717) is 16.9 Å². The van der Waals surface area contributed by atoms with Crippen molar-refractivity contribution in [2.24, 2.45) is 0 Å². The van der Waals surface area contributed by atoms with Crippen LogP contribution in [-0.2, 0) is 4.79 Å². The van der Waals surface area contributed by atoms with E-state index < -0.39 is 0 Å². The SMILES string of the molecule is C=CC(=O)N(C)c1ccc(C(=O)Nc2ccccc2-n2nc(C)cc2C)cc1. The monoisotopic (exact) mass is 374 g/mol. The number of aromatic nitrogens is 2. The Hall–Kier alpha value is -3.67. The Labute approximate surface area is 164 Å². The molecule has 6 heteroatoms. The lowest BCUT2D eigenvalue weighted by molar-refractivity contribution is -0.113. The van der Waals surface area contributed by atoms with Gasteiger partial charge in [-0.25, -0.2) is 4.68 Å². The van der Waals surface area contributed by atoms with Gasteiger partial charge in [-0.2, -0.15) is 5.10 Å². The number of amides is 2. The fourth-order valence-electron chi connectivity index (χ4n) is 2.93. The molecule has 0 atom stereocenters. The molecule has 0 unspecified atom stereocenters. The van der Waals surface area contributed by atoms with Crippen molar-refractivity contribution in [3.8, 4) is 5.69 Å². The van der Waals surface area contributed by atoms with Crippen molar-refractivity contribution < 1.29 is 9.59 Å². The Morgan fingerprint density at radius 2 is 1.79 bits per heavy atom. The Bertz CT molecular complexity index is 1030. The lowest BCUT2D eigenvalue weighted by Gasteiger charge is -2.16. The third kappa shape index (κ3) is 3.86. The molecule has 6 nitrogen and oxygen atoms in total. The van der Waals surface area contributed by atoms with E-state index >= 15 is 0 Å². The molecule has 0 saturated carbocycles. The molecule has 1 heterocycles. The summed E-state index contributed by atoms with van der Waals surface area (Å²) < 4.78 is 1.81. The molecule has 3 aromatic rings. The van der Waals surface area contributed by atoms with Crippen molar-refractivity contribution in [3.63, 3.8) is 0 Å². The van der Waals surface area contributed by atoms with Crippen LogP contribution < -0.4 is 10.2 Å². The van der Waals surface area contributed by atoms with E-state index in [9.17, 15) is 9.59 Å². The highest BCUT2D eigenvalue weighted by Crippen LogP contribution is 2.23. The zero-order valence-electron chi connectivity index (χ0n) is 16.1. The fourth-order valence-corrected chi connectivity index (χ4v) is 2.93. The standard InChI is InChI=1S/C22H22N4O2/c1-5-21(27)25(4)18-12-10-17(11-13-18)22(28)23-19-8-6-7-9-20(19)26-16(3)14-15(2)24-26/h5-14H,1H2,2-4H3,(H,23,28). The van der Waals surface area contributed by atoms with Crippen molar-refractivity contribution in [2.45, 2.75) is 13.8 Å². The Morgan fingerprint density at radius 1 is 1.11 bits per heavy atom. The zero-order chi connectivity index (χ0) is 20.3. The quantitative estimate of drug-likeness (QED) is 0.689. The van der Waals surface area contributed by atoms with Gasteiger partial charge in [0.1, 0.15) is 0 Å². The summed E-state index contributed by atoms with van der Waals surface area (Å²) in [5.41, 5.74) is 4.54. The average molecular weight is 374 g/mol. The van der Waals surface area contributed by atoms with Crippen LogP contribution in [0.2, 0.25) is 0 Å². The molecule has 28 heavy (non-hydrogen) atoms. The summed E-state index contributed by atoms with van der Waals surface area (Å²) in [7, 11) is 1.66. The van der Waals surface area contributed by atoms with Gasteiger partial charge in [0.05, 0.1) is 17.1 Å².